The number of piperazine rings is 1. The fraction of sp³-hybridized carbons (Fsp3) is 0.290. The summed E-state index contributed by atoms with van der Waals surface area (Å²) in [5.41, 5.74) is -1.17. The summed E-state index contributed by atoms with van der Waals surface area (Å²) in [6.07, 6.45) is -7.43. The molecule has 1 N–H and O–H groups in total. The van der Waals surface area contributed by atoms with Crippen LogP contribution in [0, 0.1) is 0 Å². The Hall–Kier alpha value is -4.28. The van der Waals surface area contributed by atoms with Gasteiger partial charge in [0, 0.05) is 48.7 Å². The number of fused-ring (bicyclic) bond motifs is 1. The second-order valence-corrected chi connectivity index (χ2v) is 10.3. The Kier molecular flexibility index (Phi) is 8.03. The first-order chi connectivity index (χ1) is 19.9. The van der Waals surface area contributed by atoms with E-state index in [1.807, 2.05) is 54.6 Å². The Labute approximate surface area is 237 Å². The molecule has 1 fully saturated rings. The number of aromatic nitrogens is 1. The fourth-order valence-corrected chi connectivity index (χ4v) is 5.38. The molecule has 0 bridgehead atoms. The third kappa shape index (κ3) is 6.45. The summed E-state index contributed by atoms with van der Waals surface area (Å²) in [5, 5.41) is 0.871. The van der Waals surface area contributed by atoms with Crippen LogP contribution in [0.4, 0.5) is 26.3 Å². The Morgan fingerprint density at radius 1 is 0.833 bits per heavy atom. The molecule has 42 heavy (non-hydrogen) atoms. The van der Waals surface area contributed by atoms with Crippen molar-refractivity contribution < 1.29 is 35.9 Å². The highest BCUT2D eigenvalue weighted by Crippen LogP contribution is 2.37. The van der Waals surface area contributed by atoms with E-state index >= 15 is 0 Å². The number of rotatable bonds is 6. The highest BCUT2D eigenvalue weighted by molar-refractivity contribution is 5.95. The van der Waals surface area contributed by atoms with Crippen LogP contribution in [0.3, 0.4) is 0 Å². The van der Waals surface area contributed by atoms with Crippen molar-refractivity contribution in [2.24, 2.45) is 0 Å². The van der Waals surface area contributed by atoms with E-state index in [1.54, 1.807) is 11.1 Å². The first-order valence-corrected chi connectivity index (χ1v) is 13.4. The van der Waals surface area contributed by atoms with E-state index in [0.717, 1.165) is 22.0 Å². The molecule has 1 saturated heterocycles. The molecule has 0 unspecified atom stereocenters. The van der Waals surface area contributed by atoms with Crippen LogP contribution in [0.1, 0.15) is 39.0 Å². The van der Waals surface area contributed by atoms with E-state index in [9.17, 15) is 35.9 Å². The average Bonchev–Trinajstić information content (AvgIpc) is 3.37. The summed E-state index contributed by atoms with van der Waals surface area (Å²) in [5.74, 6) is -1.10. The van der Waals surface area contributed by atoms with Gasteiger partial charge in [0.05, 0.1) is 17.2 Å². The lowest BCUT2D eigenvalue weighted by Gasteiger charge is -2.42. The number of hydrogen-bond acceptors (Lipinski definition) is 2. The van der Waals surface area contributed by atoms with Crippen LogP contribution in [0.5, 0.6) is 0 Å². The Balaban J connectivity index is 1.44. The number of hydrogen-bond donors (Lipinski definition) is 1. The number of H-pyrrole nitrogens is 1. The van der Waals surface area contributed by atoms with Crippen LogP contribution in [-0.4, -0.2) is 52.3 Å². The van der Waals surface area contributed by atoms with Crippen LogP contribution >= 0.6 is 0 Å². The van der Waals surface area contributed by atoms with Crippen molar-refractivity contribution in [3.05, 3.63) is 107 Å². The Bertz CT molecular complexity index is 1550. The fourth-order valence-electron chi connectivity index (χ4n) is 5.38. The maximum atomic E-state index is 13.6. The van der Waals surface area contributed by atoms with Crippen molar-refractivity contribution >= 4 is 22.7 Å². The van der Waals surface area contributed by atoms with Gasteiger partial charge in [0.15, 0.2) is 0 Å². The molecule has 0 spiro atoms. The number of nitrogens with one attached hydrogen (secondary N) is 1. The van der Waals surface area contributed by atoms with Crippen LogP contribution in [0.25, 0.3) is 10.9 Å². The number of aromatic amines is 1. The van der Waals surface area contributed by atoms with Gasteiger partial charge in [-0.2, -0.15) is 26.3 Å². The number of amides is 2. The third-order valence-electron chi connectivity index (χ3n) is 7.53. The van der Waals surface area contributed by atoms with Gasteiger partial charge in [-0.3, -0.25) is 9.59 Å². The van der Waals surface area contributed by atoms with Crippen molar-refractivity contribution in [1.29, 1.82) is 0 Å². The lowest BCUT2D eigenvalue weighted by atomic mass is 9.98. The van der Waals surface area contributed by atoms with Gasteiger partial charge in [-0.15, -0.1) is 0 Å². The maximum Gasteiger partial charge on any atom is 0.416 e. The molecule has 2 amide bonds. The summed E-state index contributed by atoms with van der Waals surface area (Å²) in [7, 11) is 0. The monoisotopic (exact) mass is 587 g/mol. The molecule has 0 aliphatic carbocycles. The molecular formula is C31H27F6N3O2. The molecule has 1 aromatic heterocycles. The first-order valence-electron chi connectivity index (χ1n) is 13.4. The minimum absolute atomic E-state index is 0.00352. The van der Waals surface area contributed by atoms with Gasteiger partial charge in [0.25, 0.3) is 5.91 Å². The average molecular weight is 588 g/mol. The van der Waals surface area contributed by atoms with Crippen molar-refractivity contribution in [1.82, 2.24) is 14.8 Å². The largest absolute Gasteiger partial charge is 0.416 e. The third-order valence-corrected chi connectivity index (χ3v) is 7.53. The van der Waals surface area contributed by atoms with Crippen LogP contribution < -0.4 is 0 Å². The second kappa shape index (κ2) is 11.5. The lowest BCUT2D eigenvalue weighted by molar-refractivity contribution is -0.143. The Morgan fingerprint density at radius 2 is 1.48 bits per heavy atom. The van der Waals surface area contributed by atoms with Crippen molar-refractivity contribution in [2.75, 3.05) is 19.6 Å². The molecular weight excluding hydrogens is 560 g/mol. The zero-order valence-corrected chi connectivity index (χ0v) is 22.3. The highest BCUT2D eigenvalue weighted by atomic mass is 19.4. The van der Waals surface area contributed by atoms with E-state index in [4.69, 9.17) is 0 Å². The van der Waals surface area contributed by atoms with Crippen molar-refractivity contribution in [3.8, 4) is 0 Å². The van der Waals surface area contributed by atoms with Gasteiger partial charge in [-0.1, -0.05) is 48.5 Å². The maximum absolute atomic E-state index is 13.6. The van der Waals surface area contributed by atoms with Crippen LogP contribution in [0.15, 0.2) is 79.0 Å². The number of aryl methyl sites for hydroxylation is 1. The molecule has 1 atom stereocenters. The first kappa shape index (κ1) is 29.2. The summed E-state index contributed by atoms with van der Waals surface area (Å²) in [6, 6.07) is 17.1. The molecule has 5 nitrogen and oxygen atoms in total. The number of carbonyl (C=O) groups excluding carboxylic acids is 2. The van der Waals surface area contributed by atoms with Gasteiger partial charge in [-0.05, 0) is 48.2 Å². The van der Waals surface area contributed by atoms with Crippen LogP contribution in [0.2, 0.25) is 0 Å². The SMILES string of the molecule is O=C(CCc1ccccc1)N1CCN(C(=O)c2cc(C(F)(F)F)cc(C(F)(F)F)c2)[C@H](Cc2c[nH]c3ccccc23)C1. The van der Waals surface area contributed by atoms with Gasteiger partial charge >= 0.3 is 12.4 Å². The van der Waals surface area contributed by atoms with Crippen molar-refractivity contribution in [3.63, 3.8) is 0 Å². The van der Waals surface area contributed by atoms with E-state index in [1.165, 1.54) is 4.90 Å². The van der Waals surface area contributed by atoms with Gasteiger partial charge in [0.2, 0.25) is 5.91 Å². The van der Waals surface area contributed by atoms with Gasteiger partial charge in [-0.25, -0.2) is 0 Å². The molecule has 220 valence electrons. The summed E-state index contributed by atoms with van der Waals surface area (Å²) in [6.45, 7) is 0.152. The minimum atomic E-state index is -5.08. The number of para-hydroxylation sites is 1. The normalized spacial score (nSPS) is 16.2. The molecule has 11 heteroatoms. The predicted octanol–water partition coefficient (Wildman–Crippen LogP) is 6.73. The van der Waals surface area contributed by atoms with Gasteiger partial charge in [0.1, 0.15) is 0 Å². The Morgan fingerprint density at radius 3 is 2.14 bits per heavy atom. The number of benzene rings is 3. The number of alkyl halides is 6. The zero-order chi connectivity index (χ0) is 30.1. The smallest absolute Gasteiger partial charge is 0.361 e. The van der Waals surface area contributed by atoms with E-state index in [2.05, 4.69) is 4.98 Å². The number of halogens is 6. The summed E-state index contributed by atoms with van der Waals surface area (Å²) < 4.78 is 81.1. The minimum Gasteiger partial charge on any atom is -0.361 e. The zero-order valence-electron chi connectivity index (χ0n) is 22.3. The molecule has 3 aromatic carbocycles. The van der Waals surface area contributed by atoms with E-state index in [-0.39, 0.29) is 44.4 Å². The number of carbonyl (C=O) groups is 2. The van der Waals surface area contributed by atoms with Gasteiger partial charge < -0.3 is 14.8 Å². The lowest BCUT2D eigenvalue weighted by Crippen LogP contribution is -2.57. The predicted molar refractivity (Wildman–Crippen MR) is 145 cm³/mol. The summed E-state index contributed by atoms with van der Waals surface area (Å²) in [4.78, 5) is 32.8. The number of nitrogens with zero attached hydrogens (tertiary/aromatic N) is 2. The molecule has 5 rings (SSSR count). The van der Waals surface area contributed by atoms with E-state index < -0.39 is 41.0 Å². The molecule has 0 saturated carbocycles. The molecule has 1 aliphatic rings. The molecule has 0 radical (unpaired) electrons. The topological polar surface area (TPSA) is 56.4 Å². The van der Waals surface area contributed by atoms with E-state index in [0.29, 0.717) is 18.6 Å². The summed E-state index contributed by atoms with van der Waals surface area (Å²) >= 11 is 0. The quantitative estimate of drug-likeness (QED) is 0.254. The highest BCUT2D eigenvalue weighted by Gasteiger charge is 2.39. The molecule has 1 aliphatic heterocycles. The second-order valence-electron chi connectivity index (χ2n) is 10.3. The molecule has 2 heterocycles. The van der Waals surface area contributed by atoms with Crippen LogP contribution in [-0.2, 0) is 30.0 Å². The van der Waals surface area contributed by atoms with Crippen molar-refractivity contribution in [2.45, 2.75) is 37.7 Å². The standard InChI is InChI=1S/C31H27F6N3O2/c32-30(33,34)23-14-21(15-24(17-23)31(35,36)37)29(42)40-13-12-39(28(41)11-10-20-6-2-1-3-7-20)19-25(40)16-22-18-38-27-9-5-4-8-26(22)27/h1-9,14-15,17-18,25,38H,10-13,16,19H2/t25-/m1/s1. The molecule has 4 aromatic rings.